The van der Waals surface area contributed by atoms with Gasteiger partial charge >= 0.3 is 0 Å². The standard InChI is InChI=1S/C15H20N4O/c1-5-20-12-6-11(7-17-8-12)14-13(10(2)3)15(16-4)19-9-18-14/h6-10H,5H2,1-4H3,(H,16,18,19). The van der Waals surface area contributed by atoms with Crippen molar-refractivity contribution in [3.8, 4) is 17.0 Å². The van der Waals surface area contributed by atoms with Crippen LogP contribution in [0.5, 0.6) is 5.75 Å². The van der Waals surface area contributed by atoms with E-state index in [0.29, 0.717) is 12.5 Å². The van der Waals surface area contributed by atoms with Gasteiger partial charge < -0.3 is 10.1 Å². The molecule has 2 aromatic rings. The Labute approximate surface area is 119 Å². The summed E-state index contributed by atoms with van der Waals surface area (Å²) in [6.45, 7) is 6.83. The number of nitrogens with one attached hydrogen (secondary N) is 1. The van der Waals surface area contributed by atoms with Crippen LogP contribution in [-0.2, 0) is 0 Å². The number of hydrogen-bond acceptors (Lipinski definition) is 5. The van der Waals surface area contributed by atoms with E-state index in [0.717, 1.165) is 28.4 Å². The minimum absolute atomic E-state index is 0.310. The van der Waals surface area contributed by atoms with Crippen molar-refractivity contribution >= 4 is 5.82 Å². The van der Waals surface area contributed by atoms with Crippen LogP contribution in [0.3, 0.4) is 0 Å². The highest BCUT2D eigenvalue weighted by atomic mass is 16.5. The zero-order valence-corrected chi connectivity index (χ0v) is 12.3. The Morgan fingerprint density at radius 2 is 2.05 bits per heavy atom. The van der Waals surface area contributed by atoms with Gasteiger partial charge in [-0.15, -0.1) is 0 Å². The molecule has 20 heavy (non-hydrogen) atoms. The van der Waals surface area contributed by atoms with Gasteiger partial charge in [0, 0.05) is 24.4 Å². The maximum atomic E-state index is 5.50. The second kappa shape index (κ2) is 6.32. The minimum atomic E-state index is 0.310. The average Bonchev–Trinajstić information content (AvgIpc) is 2.47. The molecule has 0 aliphatic carbocycles. The first kappa shape index (κ1) is 14.2. The third-order valence-electron chi connectivity index (χ3n) is 3.00. The summed E-state index contributed by atoms with van der Waals surface area (Å²) < 4.78 is 5.50. The van der Waals surface area contributed by atoms with Crippen molar-refractivity contribution in [2.75, 3.05) is 19.0 Å². The number of rotatable bonds is 5. The fraction of sp³-hybridized carbons (Fsp3) is 0.400. The lowest BCUT2D eigenvalue weighted by Crippen LogP contribution is -2.05. The molecule has 0 amide bonds. The zero-order valence-electron chi connectivity index (χ0n) is 12.3. The van der Waals surface area contributed by atoms with Gasteiger partial charge in [-0.3, -0.25) is 4.98 Å². The number of pyridine rings is 1. The van der Waals surface area contributed by atoms with Gasteiger partial charge in [-0.25, -0.2) is 9.97 Å². The van der Waals surface area contributed by atoms with Crippen LogP contribution in [0.15, 0.2) is 24.8 Å². The topological polar surface area (TPSA) is 59.9 Å². The van der Waals surface area contributed by atoms with Gasteiger partial charge in [0.1, 0.15) is 17.9 Å². The molecule has 2 rings (SSSR count). The zero-order chi connectivity index (χ0) is 14.5. The summed E-state index contributed by atoms with van der Waals surface area (Å²) in [7, 11) is 1.87. The van der Waals surface area contributed by atoms with E-state index in [-0.39, 0.29) is 0 Å². The highest BCUT2D eigenvalue weighted by Gasteiger charge is 2.16. The molecule has 0 spiro atoms. The molecule has 5 nitrogen and oxygen atoms in total. The molecule has 0 saturated carbocycles. The fourth-order valence-electron chi connectivity index (χ4n) is 2.17. The molecule has 106 valence electrons. The fourth-order valence-corrected chi connectivity index (χ4v) is 2.17. The van der Waals surface area contributed by atoms with Crippen molar-refractivity contribution in [3.05, 3.63) is 30.4 Å². The second-order valence-corrected chi connectivity index (χ2v) is 4.73. The van der Waals surface area contributed by atoms with Crippen molar-refractivity contribution in [1.82, 2.24) is 15.0 Å². The van der Waals surface area contributed by atoms with Gasteiger partial charge in [0.05, 0.1) is 18.5 Å². The molecule has 0 fully saturated rings. The third kappa shape index (κ3) is 2.87. The van der Waals surface area contributed by atoms with Gasteiger partial charge in [0.2, 0.25) is 0 Å². The van der Waals surface area contributed by atoms with Gasteiger partial charge in [-0.1, -0.05) is 13.8 Å². The predicted molar refractivity (Wildman–Crippen MR) is 80.1 cm³/mol. The van der Waals surface area contributed by atoms with Crippen LogP contribution >= 0.6 is 0 Å². The lowest BCUT2D eigenvalue weighted by molar-refractivity contribution is 0.339. The molecule has 0 aliphatic rings. The molecule has 1 N–H and O–H groups in total. The van der Waals surface area contributed by atoms with Crippen molar-refractivity contribution in [1.29, 1.82) is 0 Å². The van der Waals surface area contributed by atoms with Crippen molar-refractivity contribution in [2.24, 2.45) is 0 Å². The predicted octanol–water partition coefficient (Wildman–Crippen LogP) is 3.10. The largest absolute Gasteiger partial charge is 0.492 e. The Morgan fingerprint density at radius 1 is 1.25 bits per heavy atom. The molecule has 0 atom stereocenters. The van der Waals surface area contributed by atoms with E-state index in [1.54, 1.807) is 18.7 Å². The quantitative estimate of drug-likeness (QED) is 0.906. The maximum Gasteiger partial charge on any atom is 0.138 e. The summed E-state index contributed by atoms with van der Waals surface area (Å²) >= 11 is 0. The van der Waals surface area contributed by atoms with E-state index in [4.69, 9.17) is 4.74 Å². The molecule has 2 heterocycles. The van der Waals surface area contributed by atoms with Crippen LogP contribution in [0, 0.1) is 0 Å². The summed E-state index contributed by atoms with van der Waals surface area (Å²) in [5, 5.41) is 3.12. The summed E-state index contributed by atoms with van der Waals surface area (Å²) in [5.74, 6) is 1.92. The summed E-state index contributed by atoms with van der Waals surface area (Å²) in [4.78, 5) is 13.0. The van der Waals surface area contributed by atoms with Gasteiger partial charge in [-0.2, -0.15) is 0 Å². The van der Waals surface area contributed by atoms with Crippen LogP contribution in [0.4, 0.5) is 5.82 Å². The molecule has 0 aromatic carbocycles. The molecule has 2 aromatic heterocycles. The average molecular weight is 272 g/mol. The van der Waals surface area contributed by atoms with Crippen LogP contribution in [0.1, 0.15) is 32.3 Å². The van der Waals surface area contributed by atoms with Crippen molar-refractivity contribution < 1.29 is 4.74 Å². The van der Waals surface area contributed by atoms with E-state index >= 15 is 0 Å². The minimum Gasteiger partial charge on any atom is -0.492 e. The highest BCUT2D eigenvalue weighted by Crippen LogP contribution is 2.32. The molecule has 0 saturated heterocycles. The number of ether oxygens (including phenoxy) is 1. The van der Waals surface area contributed by atoms with Crippen molar-refractivity contribution in [3.63, 3.8) is 0 Å². The van der Waals surface area contributed by atoms with Gasteiger partial charge in [-0.05, 0) is 18.9 Å². The molecule has 0 aliphatic heterocycles. The monoisotopic (exact) mass is 272 g/mol. The molecule has 0 radical (unpaired) electrons. The first-order valence-electron chi connectivity index (χ1n) is 6.78. The number of hydrogen-bond donors (Lipinski definition) is 1. The normalized spacial score (nSPS) is 10.7. The van der Waals surface area contributed by atoms with E-state index in [2.05, 4.69) is 34.1 Å². The maximum absolute atomic E-state index is 5.50. The summed E-state index contributed by atoms with van der Waals surface area (Å²) in [6.07, 6.45) is 5.08. The number of anilines is 1. The molecule has 5 heteroatoms. The van der Waals surface area contributed by atoms with Crippen LogP contribution in [0.2, 0.25) is 0 Å². The second-order valence-electron chi connectivity index (χ2n) is 4.73. The van der Waals surface area contributed by atoms with Gasteiger partial charge in [0.15, 0.2) is 0 Å². The Bertz CT molecular complexity index is 584. The first-order chi connectivity index (χ1) is 9.67. The van der Waals surface area contributed by atoms with Crippen LogP contribution in [-0.4, -0.2) is 28.6 Å². The Morgan fingerprint density at radius 3 is 2.70 bits per heavy atom. The Kier molecular flexibility index (Phi) is 4.50. The smallest absolute Gasteiger partial charge is 0.138 e. The molecule has 0 bridgehead atoms. The van der Waals surface area contributed by atoms with E-state index in [1.807, 2.05) is 20.0 Å². The van der Waals surface area contributed by atoms with Crippen LogP contribution < -0.4 is 10.1 Å². The number of aromatic nitrogens is 3. The Balaban J connectivity index is 2.54. The number of nitrogens with zero attached hydrogens (tertiary/aromatic N) is 3. The summed E-state index contributed by atoms with van der Waals surface area (Å²) in [6, 6.07) is 1.96. The van der Waals surface area contributed by atoms with Gasteiger partial charge in [0.25, 0.3) is 0 Å². The van der Waals surface area contributed by atoms with Crippen LogP contribution in [0.25, 0.3) is 11.3 Å². The van der Waals surface area contributed by atoms with E-state index in [1.165, 1.54) is 0 Å². The lowest BCUT2D eigenvalue weighted by Gasteiger charge is -2.15. The molecular weight excluding hydrogens is 252 g/mol. The molecule has 0 unspecified atom stereocenters. The SMILES string of the molecule is CCOc1cncc(-c2ncnc(NC)c2C(C)C)c1. The van der Waals surface area contributed by atoms with E-state index in [9.17, 15) is 0 Å². The highest BCUT2D eigenvalue weighted by molar-refractivity contribution is 5.69. The third-order valence-corrected chi connectivity index (χ3v) is 3.00. The van der Waals surface area contributed by atoms with Crippen molar-refractivity contribution in [2.45, 2.75) is 26.7 Å². The molecular formula is C15H20N4O. The summed E-state index contributed by atoms with van der Waals surface area (Å²) in [5.41, 5.74) is 2.93. The van der Waals surface area contributed by atoms with E-state index < -0.39 is 0 Å². The Hall–Kier alpha value is -2.17. The lowest BCUT2D eigenvalue weighted by atomic mass is 9.98. The first-order valence-corrected chi connectivity index (χ1v) is 6.78.